The summed E-state index contributed by atoms with van der Waals surface area (Å²) < 4.78 is 5.30. The fourth-order valence-corrected chi connectivity index (χ4v) is 3.03. The van der Waals surface area contributed by atoms with Gasteiger partial charge in [0.25, 0.3) is 0 Å². The Labute approximate surface area is 148 Å². The molecule has 0 aliphatic heterocycles. The number of ether oxygens (including phenoxy) is 1. The number of hydrogen-bond acceptors (Lipinski definition) is 4. The molecule has 0 amide bonds. The van der Waals surface area contributed by atoms with Crippen LogP contribution in [0, 0.1) is 6.92 Å². The Bertz CT molecular complexity index is 637. The minimum absolute atomic E-state index is 0.684. The highest BCUT2D eigenvalue weighted by molar-refractivity contribution is 7.13. The quantitative estimate of drug-likeness (QED) is 0.438. The summed E-state index contributed by atoms with van der Waals surface area (Å²) in [4.78, 5) is 8.92. The Morgan fingerprint density at radius 1 is 1.21 bits per heavy atom. The molecule has 0 saturated carbocycles. The summed E-state index contributed by atoms with van der Waals surface area (Å²) in [6.45, 7) is 7.06. The maximum absolute atomic E-state index is 5.30. The molecule has 0 aliphatic carbocycles. The molecule has 0 fully saturated rings. The molecule has 1 aromatic heterocycles. The van der Waals surface area contributed by atoms with Crippen molar-refractivity contribution in [3.05, 3.63) is 40.9 Å². The van der Waals surface area contributed by atoms with Gasteiger partial charge in [-0.25, -0.2) is 4.98 Å². The van der Waals surface area contributed by atoms with Crippen LogP contribution in [0.4, 0.5) is 0 Å². The standard InChI is InChI=1S/C18H26N4OS/c1-4-23-12-11-21-18(19-3)20-10-9-16-13-24-17(22-16)15-7-5-14(2)6-8-15/h5-8,13H,4,9-12H2,1-3H3,(H2,19,20,21). The number of nitrogens with zero attached hydrogens (tertiary/aromatic N) is 2. The minimum atomic E-state index is 0.684. The van der Waals surface area contributed by atoms with Gasteiger partial charge in [0.2, 0.25) is 0 Å². The smallest absolute Gasteiger partial charge is 0.191 e. The fourth-order valence-electron chi connectivity index (χ4n) is 2.17. The first-order valence-corrected chi connectivity index (χ1v) is 9.14. The second-order valence-electron chi connectivity index (χ2n) is 5.38. The zero-order chi connectivity index (χ0) is 17.2. The van der Waals surface area contributed by atoms with Crippen LogP contribution in [-0.4, -0.2) is 44.3 Å². The third kappa shape index (κ3) is 5.94. The molecule has 0 bridgehead atoms. The van der Waals surface area contributed by atoms with E-state index in [1.807, 2.05) is 6.92 Å². The topological polar surface area (TPSA) is 58.5 Å². The molecule has 5 nitrogen and oxygen atoms in total. The maximum Gasteiger partial charge on any atom is 0.191 e. The number of thiazole rings is 1. The number of rotatable bonds is 8. The lowest BCUT2D eigenvalue weighted by molar-refractivity contribution is 0.152. The molecule has 1 aromatic carbocycles. The van der Waals surface area contributed by atoms with Gasteiger partial charge < -0.3 is 15.4 Å². The second kappa shape index (κ2) is 10.1. The van der Waals surface area contributed by atoms with Gasteiger partial charge in [0, 0.05) is 44.1 Å². The third-order valence-electron chi connectivity index (χ3n) is 3.49. The molecule has 2 rings (SSSR count). The molecule has 0 spiro atoms. The highest BCUT2D eigenvalue weighted by Crippen LogP contribution is 2.23. The highest BCUT2D eigenvalue weighted by Gasteiger charge is 2.05. The van der Waals surface area contributed by atoms with Crippen molar-refractivity contribution in [1.29, 1.82) is 0 Å². The van der Waals surface area contributed by atoms with Gasteiger partial charge in [-0.15, -0.1) is 11.3 Å². The highest BCUT2D eigenvalue weighted by atomic mass is 32.1. The van der Waals surface area contributed by atoms with Crippen LogP contribution in [0.25, 0.3) is 10.6 Å². The molecule has 130 valence electrons. The number of nitrogens with one attached hydrogen (secondary N) is 2. The van der Waals surface area contributed by atoms with Gasteiger partial charge in [0.1, 0.15) is 5.01 Å². The van der Waals surface area contributed by atoms with Crippen LogP contribution in [-0.2, 0) is 11.2 Å². The van der Waals surface area contributed by atoms with Gasteiger partial charge in [0.05, 0.1) is 12.3 Å². The first kappa shape index (κ1) is 18.4. The lowest BCUT2D eigenvalue weighted by Crippen LogP contribution is -2.39. The van der Waals surface area contributed by atoms with Crippen molar-refractivity contribution < 1.29 is 4.74 Å². The Morgan fingerprint density at radius 3 is 2.67 bits per heavy atom. The number of guanidine groups is 1. The molecular weight excluding hydrogens is 320 g/mol. The minimum Gasteiger partial charge on any atom is -0.380 e. The van der Waals surface area contributed by atoms with Crippen LogP contribution in [0.15, 0.2) is 34.6 Å². The number of aryl methyl sites for hydroxylation is 1. The van der Waals surface area contributed by atoms with Crippen LogP contribution in [0.1, 0.15) is 18.2 Å². The number of aliphatic imine (C=N–C) groups is 1. The molecule has 1 heterocycles. The van der Waals surface area contributed by atoms with E-state index in [-0.39, 0.29) is 0 Å². The van der Waals surface area contributed by atoms with E-state index >= 15 is 0 Å². The van der Waals surface area contributed by atoms with E-state index in [1.165, 1.54) is 11.1 Å². The molecule has 2 aromatic rings. The number of benzene rings is 1. The Balaban J connectivity index is 1.77. The second-order valence-corrected chi connectivity index (χ2v) is 6.24. The van der Waals surface area contributed by atoms with Crippen molar-refractivity contribution in [2.24, 2.45) is 4.99 Å². The first-order chi connectivity index (χ1) is 11.7. The predicted molar refractivity (Wildman–Crippen MR) is 102 cm³/mol. The molecule has 0 saturated heterocycles. The van der Waals surface area contributed by atoms with Gasteiger partial charge >= 0.3 is 0 Å². The van der Waals surface area contributed by atoms with Gasteiger partial charge in [-0.3, -0.25) is 4.99 Å². The van der Waals surface area contributed by atoms with Crippen LogP contribution in [0.2, 0.25) is 0 Å². The molecule has 0 aliphatic rings. The van der Waals surface area contributed by atoms with E-state index in [2.05, 4.69) is 52.2 Å². The molecule has 0 atom stereocenters. The van der Waals surface area contributed by atoms with Gasteiger partial charge in [-0.2, -0.15) is 0 Å². The monoisotopic (exact) mass is 346 g/mol. The van der Waals surface area contributed by atoms with E-state index in [0.717, 1.165) is 42.8 Å². The zero-order valence-electron chi connectivity index (χ0n) is 14.6. The zero-order valence-corrected chi connectivity index (χ0v) is 15.4. The van der Waals surface area contributed by atoms with Crippen molar-refractivity contribution in [2.45, 2.75) is 20.3 Å². The van der Waals surface area contributed by atoms with Gasteiger partial charge in [-0.1, -0.05) is 29.8 Å². The van der Waals surface area contributed by atoms with Crippen molar-refractivity contribution >= 4 is 17.3 Å². The molecule has 0 unspecified atom stereocenters. The van der Waals surface area contributed by atoms with Crippen LogP contribution in [0.3, 0.4) is 0 Å². The molecular formula is C18H26N4OS. The van der Waals surface area contributed by atoms with Crippen molar-refractivity contribution in [1.82, 2.24) is 15.6 Å². The molecule has 2 N–H and O–H groups in total. The summed E-state index contributed by atoms with van der Waals surface area (Å²) in [6, 6.07) is 8.49. The van der Waals surface area contributed by atoms with Crippen molar-refractivity contribution in [3.63, 3.8) is 0 Å². The van der Waals surface area contributed by atoms with Gasteiger partial charge in [0.15, 0.2) is 5.96 Å². The molecule has 24 heavy (non-hydrogen) atoms. The molecule has 6 heteroatoms. The van der Waals surface area contributed by atoms with Gasteiger partial charge in [-0.05, 0) is 13.8 Å². The normalized spacial score (nSPS) is 11.5. The number of hydrogen-bond donors (Lipinski definition) is 2. The Kier molecular flexibility index (Phi) is 7.71. The molecule has 0 radical (unpaired) electrons. The number of aromatic nitrogens is 1. The third-order valence-corrected chi connectivity index (χ3v) is 4.43. The summed E-state index contributed by atoms with van der Waals surface area (Å²) >= 11 is 1.69. The lowest BCUT2D eigenvalue weighted by Gasteiger charge is -2.11. The summed E-state index contributed by atoms with van der Waals surface area (Å²) in [6.07, 6.45) is 0.870. The average Bonchev–Trinajstić information content (AvgIpc) is 3.06. The SMILES string of the molecule is CCOCCNC(=NC)NCCc1csc(-c2ccc(C)cc2)n1. The van der Waals surface area contributed by atoms with Crippen molar-refractivity contribution in [3.8, 4) is 10.6 Å². The first-order valence-electron chi connectivity index (χ1n) is 8.26. The summed E-state index contributed by atoms with van der Waals surface area (Å²) in [5, 5.41) is 9.72. The predicted octanol–water partition coefficient (Wildman–Crippen LogP) is 2.86. The summed E-state index contributed by atoms with van der Waals surface area (Å²) in [5.74, 6) is 0.795. The Hall–Kier alpha value is -1.92. The van der Waals surface area contributed by atoms with Crippen molar-refractivity contribution in [2.75, 3.05) is 33.4 Å². The van der Waals surface area contributed by atoms with Crippen LogP contribution in [0.5, 0.6) is 0 Å². The van der Waals surface area contributed by atoms with E-state index in [0.29, 0.717) is 6.61 Å². The maximum atomic E-state index is 5.30. The lowest BCUT2D eigenvalue weighted by atomic mass is 10.2. The fraction of sp³-hybridized carbons (Fsp3) is 0.444. The summed E-state index contributed by atoms with van der Waals surface area (Å²) in [5.41, 5.74) is 3.55. The van der Waals surface area contributed by atoms with E-state index in [1.54, 1.807) is 18.4 Å². The van der Waals surface area contributed by atoms with Crippen LogP contribution >= 0.6 is 11.3 Å². The van der Waals surface area contributed by atoms with E-state index < -0.39 is 0 Å². The summed E-state index contributed by atoms with van der Waals surface area (Å²) in [7, 11) is 1.77. The largest absolute Gasteiger partial charge is 0.380 e. The van der Waals surface area contributed by atoms with Crippen LogP contribution < -0.4 is 10.6 Å². The van der Waals surface area contributed by atoms with E-state index in [9.17, 15) is 0 Å². The Morgan fingerprint density at radius 2 is 1.96 bits per heavy atom. The van der Waals surface area contributed by atoms with E-state index in [4.69, 9.17) is 9.72 Å². The average molecular weight is 347 g/mol.